The summed E-state index contributed by atoms with van der Waals surface area (Å²) >= 11 is 3.29. The summed E-state index contributed by atoms with van der Waals surface area (Å²) in [5, 5.41) is 11.7. The number of hydrogen-bond donors (Lipinski definition) is 2. The van der Waals surface area contributed by atoms with Gasteiger partial charge in [-0.1, -0.05) is 22.0 Å². The highest BCUT2D eigenvalue weighted by atomic mass is 79.9. The van der Waals surface area contributed by atoms with Crippen LogP contribution in [0.5, 0.6) is 0 Å². The summed E-state index contributed by atoms with van der Waals surface area (Å²) < 4.78 is 0.783. The van der Waals surface area contributed by atoms with Gasteiger partial charge in [0, 0.05) is 22.6 Å². The smallest absolute Gasteiger partial charge is 0.308 e. The molecule has 1 aromatic carbocycles. The lowest BCUT2D eigenvalue weighted by molar-refractivity contribution is -0.146. The first-order valence-electron chi connectivity index (χ1n) is 7.44. The molecule has 1 saturated heterocycles. The zero-order valence-electron chi connectivity index (χ0n) is 12.8. The molecule has 0 aliphatic carbocycles. The zero-order chi connectivity index (χ0) is 17.0. The number of aliphatic carboxylic acids is 1. The number of carbonyl (C=O) groups is 3. The number of likely N-dealkylation sites (tertiary alicyclic amines) is 1. The van der Waals surface area contributed by atoms with Crippen molar-refractivity contribution in [3.05, 3.63) is 34.3 Å². The number of carboxylic acids is 1. The van der Waals surface area contributed by atoms with Crippen molar-refractivity contribution < 1.29 is 19.5 Å². The monoisotopic (exact) mass is 382 g/mol. The Morgan fingerprint density at radius 2 is 2.09 bits per heavy atom. The Hall–Kier alpha value is -1.89. The summed E-state index contributed by atoms with van der Waals surface area (Å²) in [6.07, 6.45) is 1.23. The molecule has 2 amide bonds. The van der Waals surface area contributed by atoms with E-state index < -0.39 is 11.9 Å². The molecule has 6 nitrogen and oxygen atoms in total. The third-order valence-corrected chi connectivity index (χ3v) is 4.53. The number of piperidine rings is 1. The molecular formula is C16H19BrN2O4. The molecule has 1 aliphatic heterocycles. The van der Waals surface area contributed by atoms with E-state index in [1.807, 2.05) is 13.0 Å². The molecule has 124 valence electrons. The lowest BCUT2D eigenvalue weighted by Crippen LogP contribution is -2.50. The van der Waals surface area contributed by atoms with E-state index in [0.717, 1.165) is 4.47 Å². The Balaban J connectivity index is 1.93. The SMILES string of the molecule is CC1CCC(C(=O)O)CN1C(=O)CNC(=O)c1cccc(Br)c1. The summed E-state index contributed by atoms with van der Waals surface area (Å²) in [5.74, 6) is -2.00. The largest absolute Gasteiger partial charge is 0.481 e. The van der Waals surface area contributed by atoms with Crippen LogP contribution in [0.4, 0.5) is 0 Å². The minimum Gasteiger partial charge on any atom is -0.481 e. The number of carboxylic acid groups (broad SMARTS) is 1. The number of rotatable bonds is 4. The fourth-order valence-electron chi connectivity index (χ4n) is 2.65. The predicted molar refractivity (Wildman–Crippen MR) is 88.0 cm³/mol. The summed E-state index contributed by atoms with van der Waals surface area (Å²) in [5.41, 5.74) is 0.460. The third kappa shape index (κ3) is 4.54. The minimum absolute atomic E-state index is 0.0131. The maximum Gasteiger partial charge on any atom is 0.308 e. The molecular weight excluding hydrogens is 364 g/mol. The molecule has 1 fully saturated rings. The van der Waals surface area contributed by atoms with Gasteiger partial charge in [0.25, 0.3) is 5.91 Å². The van der Waals surface area contributed by atoms with E-state index in [4.69, 9.17) is 5.11 Å². The quantitative estimate of drug-likeness (QED) is 0.832. The van der Waals surface area contributed by atoms with Crippen LogP contribution in [0.3, 0.4) is 0 Å². The molecule has 0 aromatic heterocycles. The standard InChI is InChI=1S/C16H19BrN2O4/c1-10-5-6-12(16(22)23)9-19(10)14(20)8-18-15(21)11-3-2-4-13(17)7-11/h2-4,7,10,12H,5-6,8-9H2,1H3,(H,18,21)(H,22,23). The first kappa shape index (κ1) is 17.5. The average Bonchev–Trinajstić information content (AvgIpc) is 2.52. The van der Waals surface area contributed by atoms with E-state index in [0.29, 0.717) is 18.4 Å². The Morgan fingerprint density at radius 1 is 1.35 bits per heavy atom. The topological polar surface area (TPSA) is 86.7 Å². The highest BCUT2D eigenvalue weighted by Crippen LogP contribution is 2.22. The van der Waals surface area contributed by atoms with Crippen molar-refractivity contribution in [1.29, 1.82) is 0 Å². The maximum atomic E-state index is 12.3. The zero-order valence-corrected chi connectivity index (χ0v) is 14.4. The van der Waals surface area contributed by atoms with Crippen LogP contribution in [0.25, 0.3) is 0 Å². The van der Waals surface area contributed by atoms with Gasteiger partial charge in [0.05, 0.1) is 12.5 Å². The molecule has 1 aliphatic rings. The molecule has 1 heterocycles. The molecule has 0 bridgehead atoms. The highest BCUT2D eigenvalue weighted by molar-refractivity contribution is 9.10. The van der Waals surface area contributed by atoms with Crippen LogP contribution >= 0.6 is 15.9 Å². The van der Waals surface area contributed by atoms with Crippen molar-refractivity contribution >= 4 is 33.7 Å². The summed E-state index contributed by atoms with van der Waals surface area (Å²) in [4.78, 5) is 37.0. The molecule has 2 rings (SSSR count). The van der Waals surface area contributed by atoms with Crippen molar-refractivity contribution in [3.63, 3.8) is 0 Å². The van der Waals surface area contributed by atoms with Gasteiger partial charge in [0.1, 0.15) is 0 Å². The molecule has 7 heteroatoms. The molecule has 2 unspecified atom stereocenters. The Kier molecular flexibility index (Phi) is 5.76. The second kappa shape index (κ2) is 7.59. The molecule has 23 heavy (non-hydrogen) atoms. The van der Waals surface area contributed by atoms with E-state index in [-0.39, 0.29) is 30.9 Å². The number of carbonyl (C=O) groups excluding carboxylic acids is 2. The second-order valence-corrected chi connectivity index (χ2v) is 6.62. The van der Waals surface area contributed by atoms with E-state index in [9.17, 15) is 14.4 Å². The number of nitrogens with zero attached hydrogens (tertiary/aromatic N) is 1. The molecule has 0 radical (unpaired) electrons. The number of halogens is 1. The summed E-state index contributed by atoms with van der Waals surface area (Å²) in [6, 6.07) is 6.87. The van der Waals surface area contributed by atoms with E-state index >= 15 is 0 Å². The van der Waals surface area contributed by atoms with Crippen LogP contribution in [0, 0.1) is 5.92 Å². The Bertz CT molecular complexity index is 620. The van der Waals surface area contributed by atoms with Crippen LogP contribution in [0.2, 0.25) is 0 Å². The lowest BCUT2D eigenvalue weighted by Gasteiger charge is -2.36. The van der Waals surface area contributed by atoms with Crippen LogP contribution in [0.15, 0.2) is 28.7 Å². The van der Waals surface area contributed by atoms with Crippen LogP contribution < -0.4 is 5.32 Å². The number of hydrogen-bond acceptors (Lipinski definition) is 3. The first-order chi connectivity index (χ1) is 10.9. The second-order valence-electron chi connectivity index (χ2n) is 5.70. The van der Waals surface area contributed by atoms with E-state index in [1.54, 1.807) is 23.1 Å². The fraction of sp³-hybridized carbons (Fsp3) is 0.438. The highest BCUT2D eigenvalue weighted by Gasteiger charge is 2.32. The minimum atomic E-state index is -0.882. The average molecular weight is 383 g/mol. The molecule has 1 aromatic rings. The van der Waals surface area contributed by atoms with Crippen LogP contribution in [-0.4, -0.2) is 46.9 Å². The number of benzene rings is 1. The van der Waals surface area contributed by atoms with Crippen LogP contribution in [0.1, 0.15) is 30.1 Å². The molecule has 2 N–H and O–H groups in total. The number of amides is 2. The Labute approximate surface area is 143 Å². The van der Waals surface area contributed by atoms with Gasteiger partial charge in [0.15, 0.2) is 0 Å². The van der Waals surface area contributed by atoms with Gasteiger partial charge in [-0.3, -0.25) is 14.4 Å². The van der Waals surface area contributed by atoms with Gasteiger partial charge < -0.3 is 15.3 Å². The summed E-state index contributed by atoms with van der Waals surface area (Å²) in [6.45, 7) is 1.95. The van der Waals surface area contributed by atoms with Gasteiger partial charge in [0.2, 0.25) is 5.91 Å². The molecule has 0 spiro atoms. The van der Waals surface area contributed by atoms with Gasteiger partial charge in [-0.05, 0) is 38.0 Å². The Morgan fingerprint density at radius 3 is 2.74 bits per heavy atom. The van der Waals surface area contributed by atoms with Crippen molar-refractivity contribution in [3.8, 4) is 0 Å². The van der Waals surface area contributed by atoms with Crippen LogP contribution in [-0.2, 0) is 9.59 Å². The maximum absolute atomic E-state index is 12.3. The first-order valence-corrected chi connectivity index (χ1v) is 8.24. The van der Waals surface area contributed by atoms with Crippen molar-refractivity contribution in [2.24, 2.45) is 5.92 Å². The normalized spacial score (nSPS) is 20.9. The van der Waals surface area contributed by atoms with E-state index in [2.05, 4.69) is 21.2 Å². The van der Waals surface area contributed by atoms with Gasteiger partial charge >= 0.3 is 5.97 Å². The van der Waals surface area contributed by atoms with Gasteiger partial charge in [-0.2, -0.15) is 0 Å². The van der Waals surface area contributed by atoms with E-state index in [1.165, 1.54) is 0 Å². The van der Waals surface area contributed by atoms with Gasteiger partial charge in [-0.15, -0.1) is 0 Å². The molecule has 0 saturated carbocycles. The van der Waals surface area contributed by atoms with Gasteiger partial charge in [-0.25, -0.2) is 0 Å². The van der Waals surface area contributed by atoms with Crippen molar-refractivity contribution in [1.82, 2.24) is 10.2 Å². The molecule has 2 atom stereocenters. The predicted octanol–water partition coefficient (Wildman–Crippen LogP) is 1.89. The van der Waals surface area contributed by atoms with Crippen molar-refractivity contribution in [2.75, 3.05) is 13.1 Å². The number of nitrogens with one attached hydrogen (secondary N) is 1. The fourth-order valence-corrected chi connectivity index (χ4v) is 3.04. The summed E-state index contributed by atoms with van der Waals surface area (Å²) in [7, 11) is 0. The third-order valence-electron chi connectivity index (χ3n) is 4.04. The van der Waals surface area contributed by atoms with Crippen molar-refractivity contribution in [2.45, 2.75) is 25.8 Å². The lowest BCUT2D eigenvalue weighted by atomic mass is 9.93.